The summed E-state index contributed by atoms with van der Waals surface area (Å²) in [5, 5.41) is 0. The summed E-state index contributed by atoms with van der Waals surface area (Å²) in [6.45, 7) is 6.28. The maximum absolute atomic E-state index is 5.93. The van der Waals surface area contributed by atoms with Crippen LogP contribution in [0, 0.1) is 0 Å². The fourth-order valence-electron chi connectivity index (χ4n) is 1.65. The number of aromatic nitrogens is 1. The SMILES string of the molecule is CN(CCCC(C)(C)N)Cc1cc[nH]c1. The largest absolute Gasteiger partial charge is 0.367 e. The van der Waals surface area contributed by atoms with Crippen molar-refractivity contribution in [3.8, 4) is 0 Å². The lowest BCUT2D eigenvalue weighted by Gasteiger charge is -2.21. The van der Waals surface area contributed by atoms with E-state index in [2.05, 4.69) is 36.8 Å². The van der Waals surface area contributed by atoms with Crippen LogP contribution in [0.15, 0.2) is 18.5 Å². The van der Waals surface area contributed by atoms with E-state index in [0.29, 0.717) is 0 Å². The average molecular weight is 209 g/mol. The summed E-state index contributed by atoms with van der Waals surface area (Å²) < 4.78 is 0. The minimum absolute atomic E-state index is 0.0328. The molecule has 3 nitrogen and oxygen atoms in total. The summed E-state index contributed by atoms with van der Waals surface area (Å²) in [6, 6.07) is 2.11. The van der Waals surface area contributed by atoms with Gasteiger partial charge in [0.15, 0.2) is 0 Å². The van der Waals surface area contributed by atoms with Crippen molar-refractivity contribution in [2.45, 2.75) is 38.8 Å². The average Bonchev–Trinajstić information content (AvgIpc) is 2.54. The van der Waals surface area contributed by atoms with Gasteiger partial charge < -0.3 is 15.6 Å². The molecule has 0 saturated carbocycles. The van der Waals surface area contributed by atoms with Gasteiger partial charge in [0.1, 0.15) is 0 Å². The van der Waals surface area contributed by atoms with E-state index in [1.165, 1.54) is 5.56 Å². The summed E-state index contributed by atoms with van der Waals surface area (Å²) in [7, 11) is 2.15. The van der Waals surface area contributed by atoms with E-state index in [1.54, 1.807) is 0 Å². The van der Waals surface area contributed by atoms with Crippen LogP contribution in [0.25, 0.3) is 0 Å². The van der Waals surface area contributed by atoms with Gasteiger partial charge in [-0.2, -0.15) is 0 Å². The molecule has 1 heterocycles. The van der Waals surface area contributed by atoms with Gasteiger partial charge in [0.05, 0.1) is 0 Å². The third-order valence-corrected chi connectivity index (χ3v) is 2.48. The van der Waals surface area contributed by atoms with E-state index < -0.39 is 0 Å². The van der Waals surface area contributed by atoms with E-state index in [4.69, 9.17) is 5.73 Å². The van der Waals surface area contributed by atoms with Crippen molar-refractivity contribution in [3.05, 3.63) is 24.0 Å². The van der Waals surface area contributed by atoms with Crippen molar-refractivity contribution in [1.82, 2.24) is 9.88 Å². The number of H-pyrrole nitrogens is 1. The smallest absolute Gasteiger partial charge is 0.0245 e. The summed E-state index contributed by atoms with van der Waals surface area (Å²) in [5.41, 5.74) is 7.24. The molecule has 86 valence electrons. The Morgan fingerprint density at radius 1 is 1.47 bits per heavy atom. The Labute approximate surface area is 92.7 Å². The highest BCUT2D eigenvalue weighted by Gasteiger charge is 2.10. The Morgan fingerprint density at radius 2 is 2.20 bits per heavy atom. The molecule has 3 heteroatoms. The van der Waals surface area contributed by atoms with Crippen LogP contribution in [-0.2, 0) is 6.54 Å². The van der Waals surface area contributed by atoms with E-state index in [0.717, 1.165) is 25.9 Å². The molecule has 0 bridgehead atoms. The molecule has 0 atom stereocenters. The molecular weight excluding hydrogens is 186 g/mol. The van der Waals surface area contributed by atoms with Gasteiger partial charge >= 0.3 is 0 Å². The van der Waals surface area contributed by atoms with Crippen LogP contribution >= 0.6 is 0 Å². The van der Waals surface area contributed by atoms with Gasteiger partial charge in [-0.15, -0.1) is 0 Å². The van der Waals surface area contributed by atoms with Crippen LogP contribution in [0.1, 0.15) is 32.3 Å². The third kappa shape index (κ3) is 5.60. The lowest BCUT2D eigenvalue weighted by molar-refractivity contribution is 0.303. The Balaban J connectivity index is 2.17. The maximum atomic E-state index is 5.93. The number of nitrogens with zero attached hydrogens (tertiary/aromatic N) is 1. The van der Waals surface area contributed by atoms with Gasteiger partial charge in [-0.1, -0.05) is 0 Å². The minimum atomic E-state index is -0.0328. The first-order valence-corrected chi connectivity index (χ1v) is 5.56. The Hall–Kier alpha value is -0.800. The lowest BCUT2D eigenvalue weighted by atomic mass is 10.00. The number of rotatable bonds is 6. The standard InChI is InChI=1S/C12H23N3/c1-12(2,13)6-4-8-15(3)10-11-5-7-14-9-11/h5,7,9,14H,4,6,8,10,13H2,1-3H3. The van der Waals surface area contributed by atoms with Crippen LogP contribution in [0.5, 0.6) is 0 Å². The predicted molar refractivity (Wildman–Crippen MR) is 64.6 cm³/mol. The topological polar surface area (TPSA) is 45.0 Å². The highest BCUT2D eigenvalue weighted by atomic mass is 15.1. The van der Waals surface area contributed by atoms with Crippen LogP contribution in [-0.4, -0.2) is 29.0 Å². The first-order chi connectivity index (χ1) is 6.97. The van der Waals surface area contributed by atoms with Crippen molar-refractivity contribution in [3.63, 3.8) is 0 Å². The van der Waals surface area contributed by atoms with Crippen LogP contribution in [0.4, 0.5) is 0 Å². The molecular formula is C12H23N3. The number of nitrogens with two attached hydrogens (primary N) is 1. The Kier molecular flexibility index (Phi) is 4.36. The maximum Gasteiger partial charge on any atom is 0.0245 e. The number of hydrogen-bond acceptors (Lipinski definition) is 2. The van der Waals surface area contributed by atoms with E-state index in [-0.39, 0.29) is 5.54 Å². The van der Waals surface area contributed by atoms with Crippen LogP contribution in [0.2, 0.25) is 0 Å². The highest BCUT2D eigenvalue weighted by Crippen LogP contribution is 2.08. The third-order valence-electron chi connectivity index (χ3n) is 2.48. The summed E-state index contributed by atoms with van der Waals surface area (Å²) in [6.07, 6.45) is 6.24. The van der Waals surface area contributed by atoms with Crippen molar-refractivity contribution in [2.24, 2.45) is 5.73 Å². The molecule has 0 aliphatic heterocycles. The van der Waals surface area contributed by atoms with Gasteiger partial charge in [0, 0.05) is 24.5 Å². The molecule has 0 unspecified atom stereocenters. The fourth-order valence-corrected chi connectivity index (χ4v) is 1.65. The van der Waals surface area contributed by atoms with E-state index in [1.807, 2.05) is 12.4 Å². The van der Waals surface area contributed by atoms with E-state index >= 15 is 0 Å². The summed E-state index contributed by atoms with van der Waals surface area (Å²) in [5.74, 6) is 0. The number of hydrogen-bond donors (Lipinski definition) is 2. The quantitative estimate of drug-likeness (QED) is 0.752. The first kappa shape index (κ1) is 12.3. The van der Waals surface area contributed by atoms with Gasteiger partial charge in [0.25, 0.3) is 0 Å². The Morgan fingerprint density at radius 3 is 2.73 bits per heavy atom. The molecule has 0 spiro atoms. The zero-order chi connectivity index (χ0) is 11.3. The van der Waals surface area contributed by atoms with Gasteiger partial charge in [-0.3, -0.25) is 0 Å². The van der Waals surface area contributed by atoms with E-state index in [9.17, 15) is 0 Å². The zero-order valence-electron chi connectivity index (χ0n) is 10.1. The zero-order valence-corrected chi connectivity index (χ0v) is 10.1. The molecule has 0 radical (unpaired) electrons. The molecule has 3 N–H and O–H groups in total. The molecule has 0 fully saturated rings. The fraction of sp³-hybridized carbons (Fsp3) is 0.667. The van der Waals surface area contributed by atoms with Crippen LogP contribution < -0.4 is 5.73 Å². The lowest BCUT2D eigenvalue weighted by Crippen LogP contribution is -2.33. The predicted octanol–water partition coefficient (Wildman–Crippen LogP) is 1.96. The first-order valence-electron chi connectivity index (χ1n) is 5.56. The second kappa shape index (κ2) is 5.33. The normalized spacial score (nSPS) is 12.3. The van der Waals surface area contributed by atoms with Gasteiger partial charge in [-0.25, -0.2) is 0 Å². The van der Waals surface area contributed by atoms with Crippen molar-refractivity contribution in [1.29, 1.82) is 0 Å². The molecule has 0 aliphatic carbocycles. The summed E-state index contributed by atoms with van der Waals surface area (Å²) in [4.78, 5) is 5.40. The molecule has 0 aromatic carbocycles. The van der Waals surface area contributed by atoms with Crippen molar-refractivity contribution in [2.75, 3.05) is 13.6 Å². The monoisotopic (exact) mass is 209 g/mol. The molecule has 0 aliphatic rings. The second-order valence-electron chi connectivity index (χ2n) is 5.05. The molecule has 0 amide bonds. The van der Waals surface area contributed by atoms with Gasteiger partial charge in [0.2, 0.25) is 0 Å². The molecule has 1 aromatic heterocycles. The van der Waals surface area contributed by atoms with Crippen molar-refractivity contribution < 1.29 is 0 Å². The minimum Gasteiger partial charge on any atom is -0.367 e. The summed E-state index contributed by atoms with van der Waals surface area (Å²) >= 11 is 0. The number of nitrogens with one attached hydrogen (secondary N) is 1. The molecule has 1 rings (SSSR count). The van der Waals surface area contributed by atoms with Crippen molar-refractivity contribution >= 4 is 0 Å². The Bertz CT molecular complexity index is 259. The molecule has 1 aromatic rings. The van der Waals surface area contributed by atoms with Gasteiger partial charge in [-0.05, 0) is 51.9 Å². The highest BCUT2D eigenvalue weighted by molar-refractivity contribution is 5.07. The molecule has 15 heavy (non-hydrogen) atoms. The molecule has 0 saturated heterocycles. The number of aromatic amines is 1. The van der Waals surface area contributed by atoms with Crippen LogP contribution in [0.3, 0.4) is 0 Å². The second-order valence-corrected chi connectivity index (χ2v) is 5.05.